The minimum atomic E-state index is -3.57. The van der Waals surface area contributed by atoms with E-state index in [4.69, 9.17) is 16.9 Å². The van der Waals surface area contributed by atoms with Gasteiger partial charge >= 0.3 is 0 Å². The Morgan fingerprint density at radius 1 is 1.30 bits per heavy atom. The number of piperidine rings is 1. The minimum Gasteiger partial charge on any atom is -0.207 e. The van der Waals surface area contributed by atoms with E-state index in [1.165, 1.54) is 18.2 Å². The average Bonchev–Trinajstić information content (AvgIpc) is 2.38. The number of benzene rings is 1. The van der Waals surface area contributed by atoms with Crippen LogP contribution in [0.1, 0.15) is 38.7 Å². The lowest BCUT2D eigenvalue weighted by atomic mass is 10.0. The number of hydrogen-bond donors (Lipinski definition) is 0. The van der Waals surface area contributed by atoms with Crippen LogP contribution in [0.5, 0.6) is 0 Å². The fourth-order valence-corrected chi connectivity index (χ4v) is 4.94. The van der Waals surface area contributed by atoms with Gasteiger partial charge in [-0.05, 0) is 44.9 Å². The monoisotopic (exact) mass is 312 g/mol. The lowest BCUT2D eigenvalue weighted by Crippen LogP contribution is -2.47. The highest BCUT2D eigenvalue weighted by Gasteiger charge is 2.35. The topological polar surface area (TPSA) is 61.2 Å². The molecule has 2 atom stereocenters. The Balaban J connectivity index is 2.44. The second kappa shape index (κ2) is 5.72. The SMILES string of the molecule is C[C@@H]1CCC[C@H](C)N1S(=O)(=O)c1ccc(C#N)c(Cl)c1. The molecule has 0 unspecified atom stereocenters. The maximum Gasteiger partial charge on any atom is 0.243 e. The van der Waals surface area contributed by atoms with E-state index in [0.717, 1.165) is 19.3 Å². The molecule has 0 aliphatic carbocycles. The van der Waals surface area contributed by atoms with Gasteiger partial charge in [-0.25, -0.2) is 8.42 Å². The molecule has 0 saturated carbocycles. The molecule has 0 amide bonds. The molecule has 1 aliphatic rings. The number of nitrogens with zero attached hydrogens (tertiary/aromatic N) is 2. The van der Waals surface area contributed by atoms with Crippen molar-refractivity contribution in [3.8, 4) is 6.07 Å². The van der Waals surface area contributed by atoms with E-state index >= 15 is 0 Å². The van der Waals surface area contributed by atoms with Gasteiger partial charge in [0, 0.05) is 12.1 Å². The number of rotatable bonds is 2. The summed E-state index contributed by atoms with van der Waals surface area (Å²) in [6.07, 6.45) is 2.78. The first kappa shape index (κ1) is 15.3. The summed E-state index contributed by atoms with van der Waals surface area (Å²) in [5, 5.41) is 9.02. The van der Waals surface area contributed by atoms with E-state index in [1.54, 1.807) is 4.31 Å². The molecular weight excluding hydrogens is 296 g/mol. The first-order valence-electron chi connectivity index (χ1n) is 6.61. The first-order chi connectivity index (χ1) is 9.37. The van der Waals surface area contributed by atoms with E-state index in [0.29, 0.717) is 0 Å². The number of hydrogen-bond acceptors (Lipinski definition) is 3. The molecule has 0 spiro atoms. The Hall–Kier alpha value is -1.09. The van der Waals surface area contributed by atoms with Crippen molar-refractivity contribution in [3.63, 3.8) is 0 Å². The standard InChI is InChI=1S/C14H17ClN2O2S/c1-10-4-3-5-11(2)17(10)20(18,19)13-7-6-12(9-16)14(15)8-13/h6-8,10-11H,3-5H2,1-2H3/t10-,11+. The Bertz CT molecular complexity index is 642. The average molecular weight is 313 g/mol. The van der Waals surface area contributed by atoms with Gasteiger partial charge < -0.3 is 0 Å². The third-order valence-electron chi connectivity index (χ3n) is 3.75. The summed E-state index contributed by atoms with van der Waals surface area (Å²) >= 11 is 5.94. The molecule has 6 heteroatoms. The number of nitriles is 1. The second-order valence-electron chi connectivity index (χ2n) is 5.22. The molecule has 0 aromatic heterocycles. The molecule has 0 N–H and O–H groups in total. The summed E-state index contributed by atoms with van der Waals surface area (Å²) in [6, 6.07) is 6.17. The molecule has 1 heterocycles. The van der Waals surface area contributed by atoms with E-state index in [-0.39, 0.29) is 27.6 Å². The van der Waals surface area contributed by atoms with Crippen LogP contribution in [0.15, 0.2) is 23.1 Å². The van der Waals surface area contributed by atoms with Gasteiger partial charge in [-0.1, -0.05) is 18.0 Å². The predicted molar refractivity (Wildman–Crippen MR) is 78.0 cm³/mol. The van der Waals surface area contributed by atoms with Gasteiger partial charge in [-0.15, -0.1) is 0 Å². The predicted octanol–water partition coefficient (Wildman–Crippen LogP) is 3.16. The zero-order valence-corrected chi connectivity index (χ0v) is 13.1. The normalized spacial score (nSPS) is 24.3. The van der Waals surface area contributed by atoms with Crippen molar-refractivity contribution in [3.05, 3.63) is 28.8 Å². The highest BCUT2D eigenvalue weighted by atomic mass is 35.5. The van der Waals surface area contributed by atoms with Crippen LogP contribution in [0.3, 0.4) is 0 Å². The van der Waals surface area contributed by atoms with Crippen LogP contribution >= 0.6 is 11.6 Å². The highest BCUT2D eigenvalue weighted by molar-refractivity contribution is 7.89. The van der Waals surface area contributed by atoms with Crippen LogP contribution in [0.2, 0.25) is 5.02 Å². The van der Waals surface area contributed by atoms with Gasteiger partial charge in [0.05, 0.1) is 15.5 Å². The third kappa shape index (κ3) is 2.69. The van der Waals surface area contributed by atoms with Crippen molar-refractivity contribution >= 4 is 21.6 Å². The summed E-state index contributed by atoms with van der Waals surface area (Å²) in [5.74, 6) is 0. The Morgan fingerprint density at radius 2 is 1.90 bits per heavy atom. The summed E-state index contributed by atoms with van der Waals surface area (Å²) in [4.78, 5) is 0.155. The van der Waals surface area contributed by atoms with Crippen molar-refractivity contribution in [1.82, 2.24) is 4.31 Å². The second-order valence-corrected chi connectivity index (χ2v) is 7.47. The summed E-state index contributed by atoms with van der Waals surface area (Å²) in [5.41, 5.74) is 0.283. The number of halogens is 1. The van der Waals surface area contributed by atoms with Crippen molar-refractivity contribution in [1.29, 1.82) is 5.26 Å². The van der Waals surface area contributed by atoms with Gasteiger partial charge in [-0.3, -0.25) is 0 Å². The summed E-state index contributed by atoms with van der Waals surface area (Å²) in [6.45, 7) is 3.86. The lowest BCUT2D eigenvalue weighted by molar-refractivity contribution is 0.204. The molecule has 1 aromatic carbocycles. The zero-order chi connectivity index (χ0) is 14.9. The van der Waals surface area contributed by atoms with Crippen LogP contribution in [0.25, 0.3) is 0 Å². The quantitative estimate of drug-likeness (QED) is 0.842. The van der Waals surface area contributed by atoms with Gasteiger partial charge in [0.1, 0.15) is 6.07 Å². The minimum absolute atomic E-state index is 0.0156. The molecule has 20 heavy (non-hydrogen) atoms. The molecule has 0 bridgehead atoms. The first-order valence-corrected chi connectivity index (χ1v) is 8.43. The molecule has 1 aromatic rings. The fourth-order valence-electron chi connectivity index (χ4n) is 2.74. The van der Waals surface area contributed by atoms with Crippen LogP contribution < -0.4 is 0 Å². The maximum absolute atomic E-state index is 12.7. The van der Waals surface area contributed by atoms with E-state index in [2.05, 4.69) is 0 Å². The van der Waals surface area contributed by atoms with Crippen molar-refractivity contribution in [2.24, 2.45) is 0 Å². The molecule has 2 rings (SSSR count). The molecule has 1 aliphatic heterocycles. The van der Waals surface area contributed by atoms with Gasteiger partial charge in [0.15, 0.2) is 0 Å². The summed E-state index contributed by atoms with van der Waals surface area (Å²) < 4.78 is 27.1. The van der Waals surface area contributed by atoms with Crippen LogP contribution in [0.4, 0.5) is 0 Å². The third-order valence-corrected chi connectivity index (χ3v) is 6.19. The van der Waals surface area contributed by atoms with E-state index in [1.807, 2.05) is 19.9 Å². The van der Waals surface area contributed by atoms with Crippen molar-refractivity contribution in [2.75, 3.05) is 0 Å². The Morgan fingerprint density at radius 3 is 2.40 bits per heavy atom. The molecular formula is C14H17ClN2O2S. The van der Waals surface area contributed by atoms with Gasteiger partial charge in [-0.2, -0.15) is 9.57 Å². The lowest BCUT2D eigenvalue weighted by Gasteiger charge is -2.37. The van der Waals surface area contributed by atoms with Crippen LogP contribution in [-0.2, 0) is 10.0 Å². The van der Waals surface area contributed by atoms with E-state index in [9.17, 15) is 8.42 Å². The molecule has 0 radical (unpaired) electrons. The smallest absolute Gasteiger partial charge is 0.207 e. The van der Waals surface area contributed by atoms with E-state index < -0.39 is 10.0 Å². The van der Waals surface area contributed by atoms with Crippen molar-refractivity contribution < 1.29 is 8.42 Å². The van der Waals surface area contributed by atoms with Gasteiger partial charge in [0.25, 0.3) is 0 Å². The van der Waals surface area contributed by atoms with Crippen LogP contribution in [0, 0.1) is 11.3 Å². The Kier molecular flexibility index (Phi) is 4.38. The number of sulfonamides is 1. The Labute approximate surface area is 125 Å². The molecule has 108 valence electrons. The maximum atomic E-state index is 12.7. The largest absolute Gasteiger partial charge is 0.243 e. The van der Waals surface area contributed by atoms with Gasteiger partial charge in [0.2, 0.25) is 10.0 Å². The molecule has 4 nitrogen and oxygen atoms in total. The fraction of sp³-hybridized carbons (Fsp3) is 0.500. The molecule has 1 fully saturated rings. The summed E-state index contributed by atoms with van der Waals surface area (Å²) in [7, 11) is -3.57. The zero-order valence-electron chi connectivity index (χ0n) is 11.5. The van der Waals surface area contributed by atoms with Crippen molar-refractivity contribution in [2.45, 2.75) is 50.1 Å². The van der Waals surface area contributed by atoms with Crippen LogP contribution in [-0.4, -0.2) is 24.8 Å². The highest BCUT2D eigenvalue weighted by Crippen LogP contribution is 2.31. The molecule has 1 saturated heterocycles.